The number of piperidine rings is 1. The summed E-state index contributed by atoms with van der Waals surface area (Å²) in [5.74, 6) is -5.20. The van der Waals surface area contributed by atoms with Crippen LogP contribution in [0, 0.1) is 17.1 Å². The number of benzene rings is 2. The van der Waals surface area contributed by atoms with Crippen LogP contribution in [-0.4, -0.2) is 40.7 Å². The zero-order valence-corrected chi connectivity index (χ0v) is 24.3. The highest BCUT2D eigenvalue weighted by Crippen LogP contribution is 2.37. The molecule has 1 saturated carbocycles. The summed E-state index contributed by atoms with van der Waals surface area (Å²) in [6.07, 6.45) is 1.33. The molecule has 12 heteroatoms. The number of alkyl halides is 2. The molecule has 2 fully saturated rings. The number of aromatic nitrogens is 1. The van der Waals surface area contributed by atoms with Crippen LogP contribution in [0.1, 0.15) is 62.1 Å². The predicted molar refractivity (Wildman–Crippen MR) is 158 cm³/mol. The van der Waals surface area contributed by atoms with Gasteiger partial charge in [0.15, 0.2) is 0 Å². The molecule has 0 bridgehead atoms. The maximum Gasteiger partial charge on any atom is 0.251 e. The summed E-state index contributed by atoms with van der Waals surface area (Å²) < 4.78 is 42.4. The third-order valence-electron chi connectivity index (χ3n) is 7.95. The molecule has 3 aromatic rings. The van der Waals surface area contributed by atoms with Gasteiger partial charge in [0.25, 0.3) is 5.91 Å². The molecule has 44 heavy (non-hydrogen) atoms. The van der Waals surface area contributed by atoms with Crippen molar-refractivity contribution in [1.29, 1.82) is 5.26 Å². The van der Waals surface area contributed by atoms with Gasteiger partial charge in [0.1, 0.15) is 23.7 Å². The van der Waals surface area contributed by atoms with E-state index in [1.165, 1.54) is 41.4 Å². The molecule has 1 N–H and O–H groups in total. The van der Waals surface area contributed by atoms with E-state index in [0.717, 1.165) is 11.0 Å². The van der Waals surface area contributed by atoms with Crippen molar-refractivity contribution in [2.24, 2.45) is 0 Å². The lowest BCUT2D eigenvalue weighted by Crippen LogP contribution is -2.57. The Kier molecular flexibility index (Phi) is 9.20. The van der Waals surface area contributed by atoms with Gasteiger partial charge in [-0.2, -0.15) is 5.26 Å². The second-order valence-electron chi connectivity index (χ2n) is 10.9. The standard InChI is InChI=1S/C32H29ClF3N5O3/c33-25-8-2-1-7-24(25)29(30(43)39-22-11-14-32(35,36)15-12-22)40(23-6-3-5-21(34)18-23)31(44)26-9-4-10-28(42)41(26)27-17-20(19-37)13-16-38-27/h1-3,5-8,13,16-18,22,26,29H,4,9-12,14-15H2,(H,39,43)/t26-,29?/m0/s1. The number of carbonyl (C=O) groups excluding carboxylic acids is 3. The third-order valence-corrected chi connectivity index (χ3v) is 8.29. The van der Waals surface area contributed by atoms with Crippen LogP contribution in [0.4, 0.5) is 24.7 Å². The molecule has 1 aliphatic carbocycles. The lowest BCUT2D eigenvalue weighted by atomic mass is 9.91. The van der Waals surface area contributed by atoms with Gasteiger partial charge in [0.05, 0.1) is 11.6 Å². The Morgan fingerprint density at radius 3 is 2.55 bits per heavy atom. The summed E-state index contributed by atoms with van der Waals surface area (Å²) in [6, 6.07) is 13.2. The maximum absolute atomic E-state index is 14.7. The fourth-order valence-corrected chi connectivity index (χ4v) is 6.00. The van der Waals surface area contributed by atoms with Crippen LogP contribution in [0.3, 0.4) is 0 Å². The Balaban J connectivity index is 1.61. The second kappa shape index (κ2) is 13.1. The average Bonchev–Trinajstić information content (AvgIpc) is 3.01. The lowest BCUT2D eigenvalue weighted by Gasteiger charge is -2.40. The van der Waals surface area contributed by atoms with Gasteiger partial charge in [-0.15, -0.1) is 0 Å². The lowest BCUT2D eigenvalue weighted by molar-refractivity contribution is -0.130. The second-order valence-corrected chi connectivity index (χ2v) is 11.3. The molecule has 0 radical (unpaired) electrons. The van der Waals surface area contributed by atoms with Crippen LogP contribution in [0.5, 0.6) is 0 Å². The van der Waals surface area contributed by atoms with E-state index in [9.17, 15) is 32.8 Å². The highest BCUT2D eigenvalue weighted by atomic mass is 35.5. The van der Waals surface area contributed by atoms with Gasteiger partial charge in [-0.25, -0.2) is 18.2 Å². The number of nitrogens with one attached hydrogen (secondary N) is 1. The number of nitrogens with zero attached hydrogens (tertiary/aromatic N) is 4. The zero-order valence-electron chi connectivity index (χ0n) is 23.6. The molecule has 2 heterocycles. The third kappa shape index (κ3) is 6.70. The minimum atomic E-state index is -2.82. The van der Waals surface area contributed by atoms with Gasteiger partial charge in [-0.05, 0) is 62.1 Å². The SMILES string of the molecule is N#Cc1ccnc(N2C(=O)CCC[C@H]2C(=O)N(c2cccc(F)c2)C(C(=O)NC2CCC(F)(F)CC2)c2ccccc2Cl)c1. The minimum absolute atomic E-state index is 0.0296. The molecule has 2 aliphatic rings. The van der Waals surface area contributed by atoms with Crippen LogP contribution in [0.15, 0.2) is 66.9 Å². The molecular weight excluding hydrogens is 595 g/mol. The van der Waals surface area contributed by atoms with Crippen molar-refractivity contribution in [1.82, 2.24) is 10.3 Å². The van der Waals surface area contributed by atoms with Crippen molar-refractivity contribution in [3.8, 4) is 6.07 Å². The highest BCUT2D eigenvalue weighted by Gasteiger charge is 2.44. The average molecular weight is 624 g/mol. The number of anilines is 2. The zero-order chi connectivity index (χ0) is 31.4. The van der Waals surface area contributed by atoms with E-state index in [4.69, 9.17) is 11.6 Å². The van der Waals surface area contributed by atoms with E-state index in [2.05, 4.69) is 10.3 Å². The Hall–Kier alpha value is -4.43. The maximum atomic E-state index is 14.7. The normalized spacial score (nSPS) is 19.1. The van der Waals surface area contributed by atoms with Gasteiger partial charge in [-0.1, -0.05) is 35.9 Å². The summed E-state index contributed by atoms with van der Waals surface area (Å²) in [4.78, 5) is 48.7. The molecule has 1 aromatic heterocycles. The van der Waals surface area contributed by atoms with Gasteiger partial charge in [-0.3, -0.25) is 24.2 Å². The first-order valence-electron chi connectivity index (χ1n) is 14.3. The molecule has 5 rings (SSSR count). The monoisotopic (exact) mass is 623 g/mol. The van der Waals surface area contributed by atoms with E-state index < -0.39 is 60.4 Å². The molecule has 2 aromatic carbocycles. The van der Waals surface area contributed by atoms with Crippen LogP contribution in [0.25, 0.3) is 0 Å². The van der Waals surface area contributed by atoms with Crippen molar-refractivity contribution in [3.63, 3.8) is 0 Å². The van der Waals surface area contributed by atoms with Crippen molar-refractivity contribution in [3.05, 3.63) is 88.8 Å². The number of halogens is 4. The molecular formula is C32H29ClF3N5O3. The Morgan fingerprint density at radius 1 is 1.09 bits per heavy atom. The van der Waals surface area contributed by atoms with Crippen molar-refractivity contribution < 1.29 is 27.6 Å². The molecule has 1 aliphatic heterocycles. The summed E-state index contributed by atoms with van der Waals surface area (Å²) in [7, 11) is 0. The fourth-order valence-electron chi connectivity index (χ4n) is 5.76. The van der Waals surface area contributed by atoms with Gasteiger partial charge in [0.2, 0.25) is 17.7 Å². The molecule has 8 nitrogen and oxygen atoms in total. The van der Waals surface area contributed by atoms with Crippen molar-refractivity contribution in [2.45, 2.75) is 69.0 Å². The molecule has 228 valence electrons. The van der Waals surface area contributed by atoms with Crippen molar-refractivity contribution in [2.75, 3.05) is 9.80 Å². The predicted octanol–water partition coefficient (Wildman–Crippen LogP) is 6.10. The van der Waals surface area contributed by atoms with E-state index >= 15 is 0 Å². The van der Waals surface area contributed by atoms with Crippen LogP contribution in [-0.2, 0) is 14.4 Å². The quantitative estimate of drug-likeness (QED) is 0.342. The largest absolute Gasteiger partial charge is 0.351 e. The van der Waals surface area contributed by atoms with Crippen LogP contribution in [0.2, 0.25) is 5.02 Å². The van der Waals surface area contributed by atoms with Crippen molar-refractivity contribution >= 4 is 40.8 Å². The molecule has 2 atom stereocenters. The molecule has 0 spiro atoms. The van der Waals surface area contributed by atoms with E-state index in [1.807, 2.05) is 6.07 Å². The highest BCUT2D eigenvalue weighted by molar-refractivity contribution is 6.31. The number of rotatable bonds is 7. The number of hydrogen-bond donors (Lipinski definition) is 1. The summed E-state index contributed by atoms with van der Waals surface area (Å²) >= 11 is 6.58. The first kappa shape index (κ1) is 31.0. The molecule has 1 saturated heterocycles. The van der Waals surface area contributed by atoms with Gasteiger partial charge in [0, 0.05) is 47.8 Å². The Bertz CT molecular complexity index is 1600. The summed E-state index contributed by atoms with van der Waals surface area (Å²) in [6.45, 7) is 0. The number of nitriles is 1. The van der Waals surface area contributed by atoms with Gasteiger partial charge < -0.3 is 5.32 Å². The van der Waals surface area contributed by atoms with E-state index in [0.29, 0.717) is 6.42 Å². The van der Waals surface area contributed by atoms with Gasteiger partial charge >= 0.3 is 0 Å². The van der Waals surface area contributed by atoms with Crippen LogP contribution < -0.4 is 15.1 Å². The number of carbonyl (C=O) groups is 3. The first-order chi connectivity index (χ1) is 21.1. The number of amides is 3. The molecule has 1 unspecified atom stereocenters. The van der Waals surface area contributed by atoms with Crippen LogP contribution >= 0.6 is 11.6 Å². The number of pyridine rings is 1. The summed E-state index contributed by atoms with van der Waals surface area (Å²) in [5.41, 5.74) is 0.485. The fraction of sp³-hybridized carbons (Fsp3) is 0.344. The van der Waals surface area contributed by atoms with E-state index in [-0.39, 0.29) is 53.3 Å². The topological polar surface area (TPSA) is 106 Å². The Morgan fingerprint density at radius 2 is 1.84 bits per heavy atom. The summed E-state index contributed by atoms with van der Waals surface area (Å²) in [5, 5.41) is 12.4. The molecule has 3 amide bonds. The first-order valence-corrected chi connectivity index (χ1v) is 14.7. The van der Waals surface area contributed by atoms with E-state index in [1.54, 1.807) is 24.3 Å². The Labute approximate surface area is 257 Å². The number of hydrogen-bond acceptors (Lipinski definition) is 5. The minimum Gasteiger partial charge on any atom is -0.351 e. The smallest absolute Gasteiger partial charge is 0.251 e.